The Hall–Kier alpha value is -3.46. The number of rotatable bonds is 8. The van der Waals surface area contributed by atoms with Crippen LogP contribution in [0.1, 0.15) is 87.4 Å². The Labute approximate surface area is 259 Å². The van der Waals surface area contributed by atoms with Gasteiger partial charge in [0.25, 0.3) is 0 Å². The molecule has 2 aromatic carbocycles. The number of likely N-dealkylation sites (tertiary alicyclic amines) is 1. The molecule has 2 atom stereocenters. The number of alkyl halides is 2. The van der Waals surface area contributed by atoms with E-state index in [9.17, 15) is 18.4 Å². The van der Waals surface area contributed by atoms with Crippen molar-refractivity contribution in [2.24, 2.45) is 5.92 Å². The fourth-order valence-electron chi connectivity index (χ4n) is 6.06. The van der Waals surface area contributed by atoms with Gasteiger partial charge in [-0.2, -0.15) is 0 Å². The van der Waals surface area contributed by atoms with Crippen LogP contribution in [0, 0.1) is 12.8 Å². The molecule has 2 heterocycles. The number of fused-ring (bicyclic) bond motifs is 1. The molecule has 1 saturated heterocycles. The maximum atomic E-state index is 13.1. The van der Waals surface area contributed by atoms with Crippen molar-refractivity contribution in [3.05, 3.63) is 64.8 Å². The van der Waals surface area contributed by atoms with Crippen molar-refractivity contribution in [2.45, 2.75) is 91.3 Å². The molecular weight excluding hydrogens is 566 g/mol. The van der Waals surface area contributed by atoms with Gasteiger partial charge >= 0.3 is 12.1 Å². The van der Waals surface area contributed by atoms with E-state index in [0.29, 0.717) is 31.6 Å². The predicted octanol–water partition coefficient (Wildman–Crippen LogP) is 8.00. The summed E-state index contributed by atoms with van der Waals surface area (Å²) in [5.74, 6) is 0.554. The van der Waals surface area contributed by atoms with Crippen molar-refractivity contribution in [2.75, 3.05) is 26.7 Å². The van der Waals surface area contributed by atoms with Gasteiger partial charge in [-0.15, -0.1) is 0 Å². The van der Waals surface area contributed by atoms with Gasteiger partial charge in [0.1, 0.15) is 17.0 Å². The Morgan fingerprint density at radius 3 is 2.25 bits per heavy atom. The molecule has 44 heavy (non-hydrogen) atoms. The smallest absolute Gasteiger partial charge is 0.419 e. The Bertz CT molecular complexity index is 1470. The molecule has 3 aromatic rings. The number of carbonyl (C=O) groups excluding carboxylic acids is 2. The summed E-state index contributed by atoms with van der Waals surface area (Å²) in [5.41, 5.74) is 2.94. The summed E-state index contributed by atoms with van der Waals surface area (Å²) in [7, 11) is 1.65. The number of nitrogens with zero attached hydrogens (tertiary/aromatic N) is 2. The number of aryl methyl sites for hydroxylation is 1. The molecule has 0 spiro atoms. The first-order valence-corrected chi connectivity index (χ1v) is 15.3. The molecule has 240 valence electrons. The van der Waals surface area contributed by atoms with Crippen LogP contribution in [-0.4, -0.2) is 65.9 Å². The molecule has 9 heteroatoms. The molecule has 1 aliphatic rings. The van der Waals surface area contributed by atoms with Crippen LogP contribution in [0.3, 0.4) is 0 Å². The van der Waals surface area contributed by atoms with E-state index in [0.717, 1.165) is 39.8 Å². The van der Waals surface area contributed by atoms with Gasteiger partial charge in [0, 0.05) is 36.7 Å². The molecule has 0 unspecified atom stereocenters. The van der Waals surface area contributed by atoms with E-state index in [4.69, 9.17) is 14.2 Å². The van der Waals surface area contributed by atoms with E-state index >= 15 is 0 Å². The van der Waals surface area contributed by atoms with Crippen LogP contribution in [-0.2, 0) is 15.9 Å². The highest BCUT2D eigenvalue weighted by Gasteiger charge is 2.33. The van der Waals surface area contributed by atoms with Gasteiger partial charge in [-0.25, -0.2) is 18.4 Å². The molecule has 0 radical (unpaired) electrons. The van der Waals surface area contributed by atoms with Crippen LogP contribution < -0.4 is 4.74 Å². The second kappa shape index (κ2) is 13.3. The highest BCUT2D eigenvalue weighted by molar-refractivity contribution is 5.95. The standard InChI is InChI=1S/C35H46F2N2O5/c1-22-19-29(42-8)27(26-14-18-39(31(22)26)33(41)44-35(5,6)7)20-25-13-16-38(17-15-30(36)37)21-28(25)23-9-11-24(12-10-23)32(40)43-34(2,3)4/h9-12,14,18-19,25,28,30H,13,15-17,20-21H2,1-8H3/t25-,28-/m0/s1. The van der Waals surface area contributed by atoms with Crippen molar-refractivity contribution < 1.29 is 32.6 Å². The molecule has 7 nitrogen and oxygen atoms in total. The molecule has 0 amide bonds. The van der Waals surface area contributed by atoms with Crippen LogP contribution in [0.15, 0.2) is 42.6 Å². The minimum atomic E-state index is -2.35. The average molecular weight is 613 g/mol. The topological polar surface area (TPSA) is 70.0 Å². The number of carbonyl (C=O) groups is 2. The number of aromatic nitrogens is 1. The first-order valence-electron chi connectivity index (χ1n) is 15.3. The van der Waals surface area contributed by atoms with E-state index in [2.05, 4.69) is 4.90 Å². The van der Waals surface area contributed by atoms with Crippen molar-refractivity contribution in [3.8, 4) is 5.75 Å². The molecule has 4 rings (SSSR count). The van der Waals surface area contributed by atoms with Crippen LogP contribution >= 0.6 is 0 Å². The van der Waals surface area contributed by atoms with Gasteiger partial charge in [-0.05, 0) is 115 Å². The summed E-state index contributed by atoms with van der Waals surface area (Å²) in [6, 6.07) is 11.4. The lowest BCUT2D eigenvalue weighted by molar-refractivity contribution is 0.00691. The molecule has 0 N–H and O–H groups in total. The third kappa shape index (κ3) is 8.17. The molecule has 0 aliphatic carbocycles. The molecule has 1 aromatic heterocycles. The number of ether oxygens (including phenoxy) is 3. The Morgan fingerprint density at radius 1 is 1.00 bits per heavy atom. The predicted molar refractivity (Wildman–Crippen MR) is 168 cm³/mol. The Kier molecular flexibility index (Phi) is 10.1. The highest BCUT2D eigenvalue weighted by Crippen LogP contribution is 2.40. The molecule has 0 bridgehead atoms. The van der Waals surface area contributed by atoms with Gasteiger partial charge in [-0.3, -0.25) is 4.57 Å². The fraction of sp³-hybridized carbons (Fsp3) is 0.543. The lowest BCUT2D eigenvalue weighted by Gasteiger charge is -2.39. The second-order valence-corrected chi connectivity index (χ2v) is 13.8. The summed E-state index contributed by atoms with van der Waals surface area (Å²) >= 11 is 0. The maximum Gasteiger partial charge on any atom is 0.419 e. The first kappa shape index (κ1) is 33.4. The van der Waals surface area contributed by atoms with E-state index in [1.807, 2.05) is 72.7 Å². The number of hydrogen-bond donors (Lipinski definition) is 0. The van der Waals surface area contributed by atoms with Gasteiger partial charge in [0.05, 0.1) is 18.2 Å². The number of hydrogen-bond acceptors (Lipinski definition) is 6. The molecule has 1 fully saturated rings. The SMILES string of the molecule is COc1cc(C)c2c(ccn2C(=O)OC(C)(C)C)c1C[C@@H]1CCN(CCC(F)F)C[C@H]1c1ccc(C(=O)OC(C)(C)C)cc1. The van der Waals surface area contributed by atoms with Crippen LogP contribution in [0.4, 0.5) is 13.6 Å². The zero-order valence-corrected chi connectivity index (χ0v) is 27.2. The summed E-state index contributed by atoms with van der Waals surface area (Å²) in [4.78, 5) is 27.9. The lowest BCUT2D eigenvalue weighted by atomic mass is 9.76. The van der Waals surface area contributed by atoms with Crippen molar-refractivity contribution >= 4 is 23.0 Å². The summed E-state index contributed by atoms with van der Waals surface area (Å²) < 4.78 is 44.8. The van der Waals surface area contributed by atoms with Crippen LogP contribution in [0.5, 0.6) is 5.75 Å². The monoisotopic (exact) mass is 612 g/mol. The van der Waals surface area contributed by atoms with E-state index in [1.54, 1.807) is 30.0 Å². The van der Waals surface area contributed by atoms with E-state index in [-0.39, 0.29) is 24.2 Å². The van der Waals surface area contributed by atoms with E-state index in [1.165, 1.54) is 0 Å². The minimum absolute atomic E-state index is 0.0307. The summed E-state index contributed by atoms with van der Waals surface area (Å²) in [5, 5.41) is 0.923. The quantitative estimate of drug-likeness (QED) is 0.240. The fourth-order valence-corrected chi connectivity index (χ4v) is 6.06. The first-order chi connectivity index (χ1) is 20.6. The van der Waals surface area contributed by atoms with Crippen molar-refractivity contribution in [3.63, 3.8) is 0 Å². The lowest BCUT2D eigenvalue weighted by Crippen LogP contribution is -2.41. The summed E-state index contributed by atoms with van der Waals surface area (Å²) in [6.45, 7) is 14.6. The number of methoxy groups -OCH3 is 1. The van der Waals surface area contributed by atoms with Crippen molar-refractivity contribution in [1.29, 1.82) is 0 Å². The largest absolute Gasteiger partial charge is 0.496 e. The number of esters is 1. The van der Waals surface area contributed by atoms with Gasteiger partial charge < -0.3 is 19.1 Å². The number of benzene rings is 2. The van der Waals surface area contributed by atoms with Crippen LogP contribution in [0.2, 0.25) is 0 Å². The maximum absolute atomic E-state index is 13.1. The normalized spacial score (nSPS) is 18.1. The minimum Gasteiger partial charge on any atom is -0.496 e. The van der Waals surface area contributed by atoms with Gasteiger partial charge in [0.15, 0.2) is 0 Å². The zero-order valence-electron chi connectivity index (χ0n) is 27.2. The Balaban J connectivity index is 1.69. The summed E-state index contributed by atoms with van der Waals surface area (Å²) in [6.07, 6.45) is 0.251. The Morgan fingerprint density at radius 2 is 1.66 bits per heavy atom. The molecule has 1 aliphatic heterocycles. The third-order valence-corrected chi connectivity index (χ3v) is 7.98. The highest BCUT2D eigenvalue weighted by atomic mass is 19.3. The van der Waals surface area contributed by atoms with Crippen molar-refractivity contribution in [1.82, 2.24) is 9.47 Å². The zero-order chi connectivity index (χ0) is 32.4. The average Bonchev–Trinajstić information content (AvgIpc) is 3.38. The second-order valence-electron chi connectivity index (χ2n) is 13.8. The van der Waals surface area contributed by atoms with Gasteiger partial charge in [-0.1, -0.05) is 12.1 Å². The number of halogens is 2. The van der Waals surface area contributed by atoms with Crippen LogP contribution in [0.25, 0.3) is 10.9 Å². The molecule has 0 saturated carbocycles. The van der Waals surface area contributed by atoms with E-state index < -0.39 is 23.7 Å². The molecular formula is C35H46F2N2O5. The number of piperidine rings is 1. The van der Waals surface area contributed by atoms with Gasteiger partial charge in [0.2, 0.25) is 6.43 Å². The third-order valence-electron chi connectivity index (χ3n) is 7.98.